The Balaban J connectivity index is 1.76. The molecule has 1 atom stereocenters. The predicted molar refractivity (Wildman–Crippen MR) is 126 cm³/mol. The van der Waals surface area contributed by atoms with E-state index in [-0.39, 0.29) is 24.6 Å². The molecular weight excluding hydrogens is 467 g/mol. The van der Waals surface area contributed by atoms with Gasteiger partial charge in [0, 0.05) is 29.8 Å². The van der Waals surface area contributed by atoms with Crippen molar-refractivity contribution < 1.29 is 27.1 Å². The first-order valence-corrected chi connectivity index (χ1v) is 13.0. The molecule has 178 valence electrons. The summed E-state index contributed by atoms with van der Waals surface area (Å²) in [5, 5.41) is 0.330. The van der Waals surface area contributed by atoms with Crippen LogP contribution in [0.25, 0.3) is 0 Å². The van der Waals surface area contributed by atoms with E-state index in [4.69, 9.17) is 4.74 Å². The third kappa shape index (κ3) is 5.56. The number of carbonyl (C=O) groups excluding carboxylic acids is 2. The minimum Gasteiger partial charge on any atom is -0.452 e. The Morgan fingerprint density at radius 2 is 1.88 bits per heavy atom. The first kappa shape index (κ1) is 25.2. The summed E-state index contributed by atoms with van der Waals surface area (Å²) in [5.41, 5.74) is 0.623. The van der Waals surface area contributed by atoms with Crippen molar-refractivity contribution in [3.63, 3.8) is 0 Å². The molecule has 0 bridgehead atoms. The number of nitrogens with zero attached hydrogens (tertiary/aromatic N) is 2. The molecule has 0 N–H and O–H groups in total. The number of ether oxygens (including phenoxy) is 1. The van der Waals surface area contributed by atoms with Crippen LogP contribution < -0.4 is 4.90 Å². The lowest BCUT2D eigenvalue weighted by molar-refractivity contribution is -0.121. The van der Waals surface area contributed by atoms with Gasteiger partial charge in [0.1, 0.15) is 10.7 Å². The predicted octanol–water partition coefficient (Wildman–Crippen LogP) is 3.93. The molecule has 2 aromatic carbocycles. The third-order valence-electron chi connectivity index (χ3n) is 5.36. The maximum atomic E-state index is 14.3. The maximum absolute atomic E-state index is 14.3. The van der Waals surface area contributed by atoms with Gasteiger partial charge in [-0.2, -0.15) is 4.31 Å². The fraction of sp³-hybridized carbons (Fsp3) is 0.391. The Morgan fingerprint density at radius 3 is 2.58 bits per heavy atom. The number of esters is 1. The summed E-state index contributed by atoms with van der Waals surface area (Å²) in [6, 6.07) is 10.6. The number of fused-ring (bicyclic) bond motifs is 1. The van der Waals surface area contributed by atoms with Crippen molar-refractivity contribution in [2.45, 2.75) is 42.2 Å². The number of para-hydroxylation sites is 1. The molecule has 1 amide bonds. The third-order valence-corrected chi connectivity index (χ3v) is 8.66. The van der Waals surface area contributed by atoms with Crippen molar-refractivity contribution in [1.29, 1.82) is 0 Å². The van der Waals surface area contributed by atoms with E-state index in [9.17, 15) is 22.4 Å². The van der Waals surface area contributed by atoms with Crippen molar-refractivity contribution in [1.82, 2.24) is 4.31 Å². The van der Waals surface area contributed by atoms with Crippen LogP contribution in [0.2, 0.25) is 0 Å². The van der Waals surface area contributed by atoms with E-state index in [1.807, 2.05) is 24.3 Å². The fourth-order valence-corrected chi connectivity index (χ4v) is 6.23. The average molecular weight is 495 g/mol. The Morgan fingerprint density at radius 1 is 1.18 bits per heavy atom. The molecule has 10 heteroatoms. The van der Waals surface area contributed by atoms with Gasteiger partial charge in [-0.25, -0.2) is 17.6 Å². The number of sulfonamides is 1. The van der Waals surface area contributed by atoms with E-state index < -0.39 is 33.3 Å². The number of benzene rings is 2. The van der Waals surface area contributed by atoms with Gasteiger partial charge >= 0.3 is 5.97 Å². The minimum atomic E-state index is -4.11. The monoisotopic (exact) mass is 494 g/mol. The number of halogens is 1. The quantitative estimate of drug-likeness (QED) is 0.543. The fourth-order valence-electron chi connectivity index (χ4n) is 3.57. The van der Waals surface area contributed by atoms with Crippen LogP contribution in [-0.2, 0) is 19.6 Å². The summed E-state index contributed by atoms with van der Waals surface area (Å²) in [7, 11) is -4.11. The SMILES string of the molecule is CCN(CC)S(=O)(=O)c1cc(C(=O)OCC(=O)N2CC[C@@H](C)Sc3ccccc32)ccc1F. The van der Waals surface area contributed by atoms with Gasteiger partial charge in [0.15, 0.2) is 6.61 Å². The molecule has 1 aliphatic rings. The highest BCUT2D eigenvalue weighted by Crippen LogP contribution is 2.37. The molecule has 0 aromatic heterocycles. The average Bonchev–Trinajstić information content (AvgIpc) is 2.96. The lowest BCUT2D eigenvalue weighted by Gasteiger charge is -2.22. The smallest absolute Gasteiger partial charge is 0.338 e. The Labute approximate surface area is 198 Å². The zero-order valence-corrected chi connectivity index (χ0v) is 20.4. The molecule has 0 radical (unpaired) electrons. The number of amides is 1. The van der Waals surface area contributed by atoms with Gasteiger partial charge in [0.25, 0.3) is 5.91 Å². The van der Waals surface area contributed by atoms with Crippen LogP contribution in [0.3, 0.4) is 0 Å². The van der Waals surface area contributed by atoms with E-state index in [0.29, 0.717) is 11.8 Å². The van der Waals surface area contributed by atoms with Crippen molar-refractivity contribution >= 4 is 39.3 Å². The van der Waals surface area contributed by atoms with Gasteiger partial charge in [-0.15, -0.1) is 11.8 Å². The molecule has 0 saturated carbocycles. The van der Waals surface area contributed by atoms with Gasteiger partial charge in [0.05, 0.1) is 11.3 Å². The maximum Gasteiger partial charge on any atom is 0.338 e. The molecule has 1 aliphatic heterocycles. The number of rotatable bonds is 7. The number of carbonyl (C=O) groups is 2. The summed E-state index contributed by atoms with van der Waals surface area (Å²) < 4.78 is 46.0. The summed E-state index contributed by atoms with van der Waals surface area (Å²) in [6.45, 7) is 5.68. The van der Waals surface area contributed by atoms with Gasteiger partial charge in [0.2, 0.25) is 10.0 Å². The van der Waals surface area contributed by atoms with E-state index in [0.717, 1.165) is 39.5 Å². The largest absolute Gasteiger partial charge is 0.452 e. The second-order valence-corrected chi connectivity index (χ2v) is 10.9. The van der Waals surface area contributed by atoms with Crippen molar-refractivity contribution in [3.8, 4) is 0 Å². The van der Waals surface area contributed by atoms with Gasteiger partial charge in [-0.3, -0.25) is 4.79 Å². The summed E-state index contributed by atoms with van der Waals surface area (Å²) >= 11 is 1.69. The molecule has 1 heterocycles. The van der Waals surface area contributed by atoms with E-state index >= 15 is 0 Å². The van der Waals surface area contributed by atoms with Crippen LogP contribution in [0.5, 0.6) is 0 Å². The highest BCUT2D eigenvalue weighted by molar-refractivity contribution is 8.00. The first-order chi connectivity index (χ1) is 15.7. The second-order valence-electron chi connectivity index (χ2n) is 7.54. The van der Waals surface area contributed by atoms with Crippen LogP contribution in [0.1, 0.15) is 37.6 Å². The molecular formula is C23H27FN2O5S2. The zero-order valence-electron chi connectivity index (χ0n) is 18.8. The van der Waals surface area contributed by atoms with Crippen LogP contribution in [0.15, 0.2) is 52.3 Å². The van der Waals surface area contributed by atoms with E-state index in [1.54, 1.807) is 30.5 Å². The molecule has 0 unspecified atom stereocenters. The molecule has 0 aliphatic carbocycles. The number of anilines is 1. The standard InChI is InChI=1S/C23H27FN2O5S2/c1-4-25(5-2)33(29,30)21-14-17(10-11-18(21)24)23(28)31-15-22(27)26-13-12-16(3)32-20-9-7-6-8-19(20)26/h6-11,14,16H,4-5,12-13,15H2,1-3H3/t16-/m1/s1. The number of hydrogen-bond donors (Lipinski definition) is 0. The molecule has 7 nitrogen and oxygen atoms in total. The van der Waals surface area contributed by atoms with Crippen LogP contribution in [0, 0.1) is 5.82 Å². The highest BCUT2D eigenvalue weighted by atomic mass is 32.2. The van der Waals surface area contributed by atoms with Crippen LogP contribution in [-0.4, -0.2) is 56.1 Å². The van der Waals surface area contributed by atoms with E-state index in [1.165, 1.54) is 0 Å². The molecule has 0 saturated heterocycles. The van der Waals surface area contributed by atoms with Crippen molar-refractivity contribution in [2.24, 2.45) is 0 Å². The number of hydrogen-bond acceptors (Lipinski definition) is 6. The highest BCUT2D eigenvalue weighted by Gasteiger charge is 2.28. The molecule has 2 aromatic rings. The molecule has 0 fully saturated rings. The van der Waals surface area contributed by atoms with Gasteiger partial charge in [-0.1, -0.05) is 32.9 Å². The van der Waals surface area contributed by atoms with Crippen LogP contribution >= 0.6 is 11.8 Å². The molecule has 0 spiro atoms. The topological polar surface area (TPSA) is 84.0 Å². The Hall–Kier alpha value is -2.43. The Kier molecular flexibility index (Phi) is 8.14. The minimum absolute atomic E-state index is 0.143. The van der Waals surface area contributed by atoms with E-state index in [2.05, 4.69) is 6.92 Å². The van der Waals surface area contributed by atoms with Crippen molar-refractivity contribution in [3.05, 3.63) is 53.8 Å². The summed E-state index contributed by atoms with van der Waals surface area (Å²) in [4.78, 5) is 27.4. The van der Waals surface area contributed by atoms with Gasteiger partial charge in [-0.05, 0) is 36.8 Å². The Bertz CT molecular complexity index is 1140. The molecule has 3 rings (SSSR count). The lowest BCUT2D eigenvalue weighted by Crippen LogP contribution is -2.35. The van der Waals surface area contributed by atoms with Gasteiger partial charge < -0.3 is 9.64 Å². The lowest BCUT2D eigenvalue weighted by atomic mass is 10.2. The van der Waals surface area contributed by atoms with Crippen molar-refractivity contribution in [2.75, 3.05) is 31.1 Å². The number of thioether (sulfide) groups is 1. The normalized spacial score (nSPS) is 16.3. The summed E-state index contributed by atoms with van der Waals surface area (Å²) in [5.74, 6) is -2.24. The van der Waals surface area contributed by atoms with Crippen LogP contribution in [0.4, 0.5) is 10.1 Å². The first-order valence-electron chi connectivity index (χ1n) is 10.7. The zero-order chi connectivity index (χ0) is 24.2. The second kappa shape index (κ2) is 10.7. The summed E-state index contributed by atoms with van der Waals surface area (Å²) in [6.07, 6.45) is 0.781. The molecule has 33 heavy (non-hydrogen) atoms.